The maximum Gasteiger partial charge on any atom is 0.0573 e. The summed E-state index contributed by atoms with van der Waals surface area (Å²) >= 11 is 0. The van der Waals surface area contributed by atoms with Crippen LogP contribution < -0.4 is 0 Å². The van der Waals surface area contributed by atoms with Gasteiger partial charge in [-0.2, -0.15) is 0 Å². The number of aliphatic hydroxyl groups is 1. The molecule has 4 aliphatic rings. The summed E-state index contributed by atoms with van der Waals surface area (Å²) < 4.78 is 0. The number of hydrogen-bond acceptors (Lipinski definition) is 1. The highest BCUT2D eigenvalue weighted by Crippen LogP contribution is 2.66. The molecule has 1 nitrogen and oxygen atoms in total. The molecule has 0 aromatic carbocycles. The first-order valence-electron chi connectivity index (χ1n) is 9.23. The topological polar surface area (TPSA) is 20.2 Å². The van der Waals surface area contributed by atoms with Gasteiger partial charge < -0.3 is 5.11 Å². The molecule has 0 amide bonds. The second kappa shape index (κ2) is 4.48. The Kier molecular flexibility index (Phi) is 3.05. The minimum absolute atomic E-state index is 0.00610. The number of aliphatic hydroxyl groups excluding tert-OH is 1. The summed E-state index contributed by atoms with van der Waals surface area (Å²) in [5.41, 5.74) is 1.14. The number of rotatable bonds is 0. The van der Waals surface area contributed by atoms with Crippen molar-refractivity contribution in [3.05, 3.63) is 0 Å². The molecule has 1 N–H and O–H groups in total. The highest BCUT2D eigenvalue weighted by Gasteiger charge is 2.58. The zero-order chi connectivity index (χ0) is 14.0. The van der Waals surface area contributed by atoms with Crippen LogP contribution in [0.3, 0.4) is 0 Å². The SMILES string of the molecule is C[C@@]12CCC[C@H]1[C@@H]1CCC3C(O)CCC[C@]3(C)[C@@H]1CC2. The first-order chi connectivity index (χ1) is 9.55. The van der Waals surface area contributed by atoms with Gasteiger partial charge in [0.25, 0.3) is 0 Å². The Labute approximate surface area is 124 Å². The fourth-order valence-electron chi connectivity index (χ4n) is 7.37. The van der Waals surface area contributed by atoms with E-state index in [9.17, 15) is 5.11 Å². The van der Waals surface area contributed by atoms with Crippen LogP contribution in [0.25, 0.3) is 0 Å². The predicted molar refractivity (Wildman–Crippen MR) is 82.4 cm³/mol. The normalized spacial score (nSPS) is 58.6. The van der Waals surface area contributed by atoms with Gasteiger partial charge in [0.2, 0.25) is 0 Å². The molecule has 0 bridgehead atoms. The van der Waals surface area contributed by atoms with E-state index in [-0.39, 0.29) is 6.10 Å². The van der Waals surface area contributed by atoms with Gasteiger partial charge in [0.1, 0.15) is 0 Å². The molecule has 1 heteroatoms. The molecular formula is C19H32O. The molecule has 0 saturated heterocycles. The lowest BCUT2D eigenvalue weighted by Gasteiger charge is -2.60. The van der Waals surface area contributed by atoms with E-state index in [2.05, 4.69) is 13.8 Å². The monoisotopic (exact) mass is 276 g/mol. The lowest BCUT2D eigenvalue weighted by atomic mass is 9.45. The molecule has 4 aliphatic carbocycles. The van der Waals surface area contributed by atoms with Gasteiger partial charge in [0, 0.05) is 0 Å². The van der Waals surface area contributed by atoms with E-state index < -0.39 is 0 Å². The van der Waals surface area contributed by atoms with Crippen molar-refractivity contribution in [2.45, 2.75) is 84.2 Å². The highest BCUT2D eigenvalue weighted by atomic mass is 16.3. The lowest BCUT2D eigenvalue weighted by molar-refractivity contribution is -0.139. The van der Waals surface area contributed by atoms with Crippen LogP contribution in [0, 0.1) is 34.5 Å². The third-order valence-corrected chi connectivity index (χ3v) is 8.40. The lowest BCUT2D eigenvalue weighted by Crippen LogP contribution is -2.54. The highest BCUT2D eigenvalue weighted by molar-refractivity contribution is 5.07. The number of fused-ring (bicyclic) bond motifs is 5. The van der Waals surface area contributed by atoms with Gasteiger partial charge in [-0.25, -0.2) is 0 Å². The van der Waals surface area contributed by atoms with Crippen LogP contribution in [0.15, 0.2) is 0 Å². The minimum atomic E-state index is 0.00610. The molecule has 4 rings (SSSR count). The minimum Gasteiger partial charge on any atom is -0.393 e. The van der Waals surface area contributed by atoms with E-state index in [1.54, 1.807) is 0 Å². The molecular weight excluding hydrogens is 244 g/mol. The van der Waals surface area contributed by atoms with Crippen molar-refractivity contribution < 1.29 is 5.11 Å². The summed E-state index contributed by atoms with van der Waals surface area (Å²) in [6, 6.07) is 0. The van der Waals surface area contributed by atoms with Gasteiger partial charge in [0.15, 0.2) is 0 Å². The summed E-state index contributed by atoms with van der Waals surface area (Å²) in [5.74, 6) is 3.54. The Morgan fingerprint density at radius 3 is 2.40 bits per heavy atom. The molecule has 0 aliphatic heterocycles. The first-order valence-corrected chi connectivity index (χ1v) is 9.23. The van der Waals surface area contributed by atoms with Crippen molar-refractivity contribution in [2.75, 3.05) is 0 Å². The molecule has 4 fully saturated rings. The van der Waals surface area contributed by atoms with E-state index in [0.29, 0.717) is 16.7 Å². The van der Waals surface area contributed by atoms with Crippen LogP contribution in [0.2, 0.25) is 0 Å². The molecule has 2 unspecified atom stereocenters. The van der Waals surface area contributed by atoms with Crippen LogP contribution in [-0.2, 0) is 0 Å². The molecule has 0 spiro atoms. The second-order valence-corrected chi connectivity index (χ2v) is 9.11. The molecule has 0 aromatic heterocycles. The van der Waals surface area contributed by atoms with Crippen molar-refractivity contribution >= 4 is 0 Å². The average Bonchev–Trinajstić information content (AvgIpc) is 2.80. The quantitative estimate of drug-likeness (QED) is 0.675. The Hall–Kier alpha value is -0.0400. The van der Waals surface area contributed by atoms with Crippen molar-refractivity contribution in [1.29, 1.82) is 0 Å². The Morgan fingerprint density at radius 2 is 1.55 bits per heavy atom. The van der Waals surface area contributed by atoms with Gasteiger partial charge >= 0.3 is 0 Å². The van der Waals surface area contributed by atoms with Crippen molar-refractivity contribution in [1.82, 2.24) is 0 Å². The molecule has 4 saturated carbocycles. The van der Waals surface area contributed by atoms with Gasteiger partial charge in [0.05, 0.1) is 6.10 Å². The molecule has 7 atom stereocenters. The summed E-state index contributed by atoms with van der Waals surface area (Å²) in [7, 11) is 0. The summed E-state index contributed by atoms with van der Waals surface area (Å²) in [5, 5.41) is 10.5. The van der Waals surface area contributed by atoms with E-state index in [1.807, 2.05) is 0 Å². The average molecular weight is 276 g/mol. The fourth-order valence-corrected chi connectivity index (χ4v) is 7.37. The van der Waals surface area contributed by atoms with Gasteiger partial charge in [-0.05, 0) is 85.9 Å². The smallest absolute Gasteiger partial charge is 0.0573 e. The van der Waals surface area contributed by atoms with Crippen molar-refractivity contribution in [3.63, 3.8) is 0 Å². The summed E-state index contributed by atoms with van der Waals surface area (Å²) in [6.45, 7) is 5.14. The zero-order valence-corrected chi connectivity index (χ0v) is 13.4. The molecule has 114 valence electrons. The standard InChI is InChI=1S/C19H32O/c1-18-10-3-5-14(18)13-7-8-16-17(20)6-4-11-19(16,2)15(13)9-12-18/h13-17,20H,3-12H2,1-2H3/t13-,14-,15+,16?,17?,18-,19+/m0/s1. The van der Waals surface area contributed by atoms with E-state index in [0.717, 1.165) is 24.2 Å². The maximum atomic E-state index is 10.5. The largest absolute Gasteiger partial charge is 0.393 e. The van der Waals surface area contributed by atoms with Crippen LogP contribution in [0.5, 0.6) is 0 Å². The Bertz CT molecular complexity index is 391. The molecule has 0 radical (unpaired) electrons. The zero-order valence-electron chi connectivity index (χ0n) is 13.4. The maximum absolute atomic E-state index is 10.5. The Morgan fingerprint density at radius 1 is 0.750 bits per heavy atom. The van der Waals surface area contributed by atoms with Crippen molar-refractivity contribution in [3.8, 4) is 0 Å². The van der Waals surface area contributed by atoms with Gasteiger partial charge in [-0.3, -0.25) is 0 Å². The number of hydrogen-bond donors (Lipinski definition) is 1. The van der Waals surface area contributed by atoms with E-state index in [1.165, 1.54) is 57.8 Å². The van der Waals surface area contributed by atoms with E-state index >= 15 is 0 Å². The third kappa shape index (κ3) is 1.71. The van der Waals surface area contributed by atoms with Crippen LogP contribution in [0.1, 0.15) is 78.1 Å². The summed E-state index contributed by atoms with van der Waals surface area (Å²) in [4.78, 5) is 0. The van der Waals surface area contributed by atoms with E-state index in [4.69, 9.17) is 0 Å². The van der Waals surface area contributed by atoms with Gasteiger partial charge in [-0.15, -0.1) is 0 Å². The molecule has 0 heterocycles. The van der Waals surface area contributed by atoms with Crippen LogP contribution in [-0.4, -0.2) is 11.2 Å². The van der Waals surface area contributed by atoms with Gasteiger partial charge in [-0.1, -0.05) is 26.7 Å². The molecule has 20 heavy (non-hydrogen) atoms. The Balaban J connectivity index is 1.65. The fraction of sp³-hybridized carbons (Fsp3) is 1.00. The summed E-state index contributed by atoms with van der Waals surface area (Å²) in [6.07, 6.45) is 13.9. The third-order valence-electron chi connectivity index (χ3n) is 8.40. The van der Waals surface area contributed by atoms with Crippen molar-refractivity contribution in [2.24, 2.45) is 34.5 Å². The molecule has 0 aromatic rings. The second-order valence-electron chi connectivity index (χ2n) is 9.11. The predicted octanol–water partition coefficient (Wildman–Crippen LogP) is 4.78. The van der Waals surface area contributed by atoms with Crippen LogP contribution in [0.4, 0.5) is 0 Å². The first kappa shape index (κ1) is 13.6. The van der Waals surface area contributed by atoms with Crippen LogP contribution >= 0.6 is 0 Å².